The van der Waals surface area contributed by atoms with Crippen LogP contribution in [0.4, 0.5) is 5.69 Å². The van der Waals surface area contributed by atoms with Gasteiger partial charge in [0, 0.05) is 22.1 Å². The molecule has 1 saturated heterocycles. The summed E-state index contributed by atoms with van der Waals surface area (Å²) in [5.74, 6) is -2.87. The first-order valence-corrected chi connectivity index (χ1v) is 10.1. The third kappa shape index (κ3) is 5.58. The van der Waals surface area contributed by atoms with Gasteiger partial charge in [-0.15, -0.1) is 0 Å². The maximum absolute atomic E-state index is 12.2. The van der Waals surface area contributed by atoms with E-state index in [1.165, 1.54) is 0 Å². The number of anilines is 1. The van der Waals surface area contributed by atoms with Crippen LogP contribution >= 0.6 is 27.5 Å². The summed E-state index contributed by atoms with van der Waals surface area (Å²) < 4.78 is 5.70. The molecule has 1 aliphatic heterocycles. The van der Waals surface area contributed by atoms with Gasteiger partial charge < -0.3 is 10.1 Å². The first kappa shape index (κ1) is 21.8. The van der Waals surface area contributed by atoms with Gasteiger partial charge in [0.1, 0.15) is 0 Å². The van der Waals surface area contributed by atoms with Gasteiger partial charge in [-0.05, 0) is 46.3 Å². The van der Waals surface area contributed by atoms with Gasteiger partial charge >= 0.3 is 5.97 Å². The van der Waals surface area contributed by atoms with Crippen LogP contribution in [0.25, 0.3) is 0 Å². The van der Waals surface area contributed by atoms with E-state index in [2.05, 4.69) is 26.7 Å². The minimum absolute atomic E-state index is 0.0276. The van der Waals surface area contributed by atoms with Gasteiger partial charge in [-0.1, -0.05) is 29.8 Å². The van der Waals surface area contributed by atoms with Crippen molar-refractivity contribution in [2.24, 2.45) is 5.92 Å². The van der Waals surface area contributed by atoms with Crippen molar-refractivity contribution in [3.8, 4) is 0 Å². The van der Waals surface area contributed by atoms with Crippen LogP contribution < -0.4 is 10.7 Å². The molecule has 0 bridgehead atoms. The van der Waals surface area contributed by atoms with Crippen molar-refractivity contribution >= 4 is 56.9 Å². The number of benzene rings is 2. The Morgan fingerprint density at radius 2 is 1.90 bits per heavy atom. The Labute approximate surface area is 185 Å². The molecule has 1 atom stereocenters. The van der Waals surface area contributed by atoms with Crippen LogP contribution in [0.2, 0.25) is 5.02 Å². The van der Waals surface area contributed by atoms with Crippen LogP contribution in [-0.4, -0.2) is 41.9 Å². The third-order valence-electron chi connectivity index (χ3n) is 4.28. The highest BCUT2D eigenvalue weighted by atomic mass is 79.9. The number of amides is 3. The van der Waals surface area contributed by atoms with Crippen LogP contribution in [0.5, 0.6) is 0 Å². The first-order chi connectivity index (χ1) is 14.3. The average Bonchev–Trinajstić information content (AvgIpc) is 3.10. The highest BCUT2D eigenvalue weighted by molar-refractivity contribution is 9.10. The summed E-state index contributed by atoms with van der Waals surface area (Å²) in [4.78, 5) is 48.5. The monoisotopic (exact) mass is 493 g/mol. The highest BCUT2D eigenvalue weighted by Gasteiger charge is 2.36. The van der Waals surface area contributed by atoms with Gasteiger partial charge in [0.05, 0.1) is 17.5 Å². The zero-order chi connectivity index (χ0) is 21.7. The number of rotatable bonds is 6. The minimum atomic E-state index is -0.775. The molecular formula is C20H17BrClN3O5. The fourth-order valence-corrected chi connectivity index (χ4v) is 3.20. The van der Waals surface area contributed by atoms with E-state index in [0.29, 0.717) is 20.7 Å². The molecule has 1 heterocycles. The van der Waals surface area contributed by atoms with Crippen molar-refractivity contribution in [2.75, 3.05) is 18.5 Å². The summed E-state index contributed by atoms with van der Waals surface area (Å²) in [5, 5.41) is 4.07. The molecule has 0 unspecified atom stereocenters. The Morgan fingerprint density at radius 1 is 1.17 bits per heavy atom. The second-order valence-corrected chi connectivity index (χ2v) is 7.76. The van der Waals surface area contributed by atoms with E-state index in [1.807, 2.05) is 0 Å². The lowest BCUT2D eigenvalue weighted by Gasteiger charge is -2.17. The summed E-state index contributed by atoms with van der Waals surface area (Å²) in [5.41, 5.74) is 3.32. The second kappa shape index (κ2) is 9.73. The molecule has 3 amide bonds. The van der Waals surface area contributed by atoms with Crippen LogP contribution in [0, 0.1) is 5.92 Å². The quantitative estimate of drug-likeness (QED) is 0.601. The lowest BCUT2D eigenvalue weighted by molar-refractivity contribution is -0.151. The molecule has 0 radical (unpaired) electrons. The molecule has 2 aromatic carbocycles. The smallest absolute Gasteiger partial charge is 0.311 e. The van der Waals surface area contributed by atoms with Crippen molar-refractivity contribution in [3.05, 3.63) is 63.6 Å². The molecular weight excluding hydrogens is 478 g/mol. The Hall–Kier alpha value is -2.91. The number of esters is 1. The summed E-state index contributed by atoms with van der Waals surface area (Å²) in [7, 11) is 0. The average molecular weight is 495 g/mol. The van der Waals surface area contributed by atoms with Crippen molar-refractivity contribution in [3.63, 3.8) is 0 Å². The summed E-state index contributed by atoms with van der Waals surface area (Å²) in [6, 6.07) is 13.3. The molecule has 8 nitrogen and oxygen atoms in total. The van der Waals surface area contributed by atoms with Gasteiger partial charge in [-0.25, -0.2) is 0 Å². The number of carbonyl (C=O) groups excluding carboxylic acids is 4. The van der Waals surface area contributed by atoms with Gasteiger partial charge in [0.2, 0.25) is 5.91 Å². The zero-order valence-corrected chi connectivity index (χ0v) is 17.9. The predicted octanol–water partition coefficient (Wildman–Crippen LogP) is 2.78. The highest BCUT2D eigenvalue weighted by Crippen LogP contribution is 2.25. The number of hydrogen-bond acceptors (Lipinski definition) is 5. The van der Waals surface area contributed by atoms with E-state index in [1.54, 1.807) is 48.5 Å². The summed E-state index contributed by atoms with van der Waals surface area (Å²) >= 11 is 9.21. The molecule has 0 aliphatic carbocycles. The van der Waals surface area contributed by atoms with Crippen LogP contribution in [0.1, 0.15) is 16.8 Å². The zero-order valence-electron chi connectivity index (χ0n) is 15.6. The van der Waals surface area contributed by atoms with Crippen molar-refractivity contribution < 1.29 is 23.9 Å². The fourth-order valence-electron chi connectivity index (χ4n) is 2.78. The Kier molecular flexibility index (Phi) is 7.07. The van der Waals surface area contributed by atoms with E-state index in [0.717, 1.165) is 5.01 Å². The lowest BCUT2D eigenvalue weighted by Crippen LogP contribution is -2.43. The number of hydrazine groups is 1. The Bertz CT molecular complexity index is 986. The van der Waals surface area contributed by atoms with Crippen molar-refractivity contribution in [1.82, 2.24) is 10.4 Å². The molecule has 0 aromatic heterocycles. The van der Waals surface area contributed by atoms with Gasteiger partial charge in [0.25, 0.3) is 11.8 Å². The molecule has 2 N–H and O–H groups in total. The van der Waals surface area contributed by atoms with E-state index in [-0.39, 0.29) is 13.0 Å². The number of ether oxygens (including phenoxy) is 1. The molecule has 30 heavy (non-hydrogen) atoms. The predicted molar refractivity (Wildman–Crippen MR) is 112 cm³/mol. The summed E-state index contributed by atoms with van der Waals surface area (Å²) in [6.45, 7) is -0.534. The molecule has 1 fully saturated rings. The molecule has 156 valence electrons. The van der Waals surface area contributed by atoms with Gasteiger partial charge in [-0.3, -0.25) is 29.6 Å². The lowest BCUT2D eigenvalue weighted by atomic mass is 10.1. The molecule has 2 aromatic rings. The first-order valence-electron chi connectivity index (χ1n) is 8.91. The number of nitrogens with zero attached hydrogens (tertiary/aromatic N) is 1. The van der Waals surface area contributed by atoms with E-state index >= 15 is 0 Å². The normalized spacial score (nSPS) is 15.6. The van der Waals surface area contributed by atoms with E-state index in [4.69, 9.17) is 16.3 Å². The topological polar surface area (TPSA) is 105 Å². The molecule has 10 heteroatoms. The molecule has 0 saturated carbocycles. The maximum atomic E-state index is 12.2. The van der Waals surface area contributed by atoms with Crippen molar-refractivity contribution in [2.45, 2.75) is 6.42 Å². The summed E-state index contributed by atoms with van der Waals surface area (Å²) in [6.07, 6.45) is -0.113. The maximum Gasteiger partial charge on any atom is 0.311 e. The third-order valence-corrected chi connectivity index (χ3v) is 5.51. The van der Waals surface area contributed by atoms with Crippen LogP contribution in [-0.2, 0) is 19.1 Å². The second-order valence-electron chi connectivity index (χ2n) is 6.50. The molecule has 0 spiro atoms. The number of halogens is 2. The Balaban J connectivity index is 1.47. The van der Waals surface area contributed by atoms with Crippen LogP contribution in [0.15, 0.2) is 53.0 Å². The largest absolute Gasteiger partial charge is 0.455 e. The van der Waals surface area contributed by atoms with E-state index in [9.17, 15) is 19.2 Å². The molecule has 3 rings (SSSR count). The van der Waals surface area contributed by atoms with Gasteiger partial charge in [-0.2, -0.15) is 0 Å². The Morgan fingerprint density at radius 3 is 2.60 bits per heavy atom. The number of carbonyl (C=O) groups is 4. The number of hydrogen-bond donors (Lipinski definition) is 2. The molecule has 1 aliphatic rings. The number of nitrogens with one attached hydrogen (secondary N) is 2. The van der Waals surface area contributed by atoms with Crippen LogP contribution in [0.3, 0.4) is 0 Å². The fraction of sp³-hybridized carbons (Fsp3) is 0.200. The minimum Gasteiger partial charge on any atom is -0.455 e. The van der Waals surface area contributed by atoms with Crippen molar-refractivity contribution in [1.29, 1.82) is 0 Å². The standard InChI is InChI=1S/C20H17BrClN3O5/c21-15-7-6-14(9-16(15)22)23-17(26)11-30-20(29)13-8-18(27)25(10-13)24-19(28)12-4-2-1-3-5-12/h1-7,9,13H,8,10-11H2,(H,23,26)(H,24,28)/t13-/m1/s1. The van der Waals surface area contributed by atoms with E-state index < -0.39 is 36.2 Å². The van der Waals surface area contributed by atoms with Gasteiger partial charge in [0.15, 0.2) is 6.61 Å². The SMILES string of the molecule is O=C(COC(=O)[C@@H]1CC(=O)N(NC(=O)c2ccccc2)C1)Nc1ccc(Br)c(Cl)c1.